The van der Waals surface area contributed by atoms with Gasteiger partial charge in [-0.25, -0.2) is 15.9 Å². The maximum atomic E-state index is 9.11. The van der Waals surface area contributed by atoms with Gasteiger partial charge in [-0.15, -0.1) is 0 Å². The van der Waals surface area contributed by atoms with Crippen molar-refractivity contribution in [2.75, 3.05) is 14.2 Å². The van der Waals surface area contributed by atoms with Gasteiger partial charge in [0.05, 0.1) is 31.1 Å². The number of benzene rings is 2. The van der Waals surface area contributed by atoms with Gasteiger partial charge in [0.25, 0.3) is 0 Å². The number of nitrogens with one attached hydrogen (secondary N) is 2. The first-order valence-corrected chi connectivity index (χ1v) is 7.30. The van der Waals surface area contributed by atoms with Gasteiger partial charge in [-0.05, 0) is 24.3 Å². The summed E-state index contributed by atoms with van der Waals surface area (Å²) in [6.07, 6.45) is 1.47. The van der Waals surface area contributed by atoms with Gasteiger partial charge in [-0.1, -0.05) is 29.8 Å². The summed E-state index contributed by atoms with van der Waals surface area (Å²) in [5.41, 5.74) is 5.79. The number of rotatable bonds is 5. The normalized spacial score (nSPS) is 11.4. The molecule has 2 aromatic rings. The van der Waals surface area contributed by atoms with E-state index >= 15 is 0 Å². The Bertz CT molecular complexity index is 736. The van der Waals surface area contributed by atoms with Crippen LogP contribution in [0.15, 0.2) is 52.6 Å². The molecule has 24 heavy (non-hydrogen) atoms. The number of para-hydroxylation sites is 1. The van der Waals surface area contributed by atoms with Crippen LogP contribution >= 0.6 is 11.6 Å². The largest absolute Gasteiger partial charge is 0.493 e. The summed E-state index contributed by atoms with van der Waals surface area (Å²) in [5, 5.41) is 13.5. The molecule has 0 aliphatic carbocycles. The quantitative estimate of drug-likeness (QED) is 0.439. The Morgan fingerprint density at radius 1 is 1.12 bits per heavy atom. The van der Waals surface area contributed by atoms with Crippen molar-refractivity contribution in [3.05, 3.63) is 53.1 Å². The Balaban J connectivity index is 2.15. The van der Waals surface area contributed by atoms with Crippen LogP contribution in [0.3, 0.4) is 0 Å². The second-order valence-corrected chi connectivity index (χ2v) is 4.86. The van der Waals surface area contributed by atoms with Crippen LogP contribution in [0.5, 0.6) is 11.5 Å². The van der Waals surface area contributed by atoms with E-state index in [0.29, 0.717) is 27.8 Å². The molecule has 7 nitrogen and oxygen atoms in total. The smallest absolute Gasteiger partial charge is 0.241 e. The molecule has 0 aliphatic rings. The topological polar surface area (TPSA) is 87.5 Å². The molecule has 0 amide bonds. The fourth-order valence-electron chi connectivity index (χ4n) is 1.87. The van der Waals surface area contributed by atoms with Crippen molar-refractivity contribution < 1.29 is 14.7 Å². The predicted octanol–water partition coefficient (Wildman–Crippen LogP) is 2.95. The Morgan fingerprint density at radius 3 is 2.50 bits per heavy atom. The highest BCUT2D eigenvalue weighted by molar-refractivity contribution is 6.34. The van der Waals surface area contributed by atoms with Crippen molar-refractivity contribution in [3.8, 4) is 11.5 Å². The van der Waals surface area contributed by atoms with Gasteiger partial charge in [-0.2, -0.15) is 5.10 Å². The monoisotopic (exact) mass is 348 g/mol. The third kappa shape index (κ3) is 4.37. The third-order valence-corrected chi connectivity index (χ3v) is 3.38. The second kappa shape index (κ2) is 8.76. The molecule has 0 atom stereocenters. The van der Waals surface area contributed by atoms with E-state index in [1.165, 1.54) is 20.4 Å². The molecule has 0 fully saturated rings. The van der Waals surface area contributed by atoms with Crippen LogP contribution in [0.4, 0.5) is 5.69 Å². The lowest BCUT2D eigenvalue weighted by molar-refractivity contribution is 0.230. The standard InChI is InChI=1S/C16H17ClN4O3/c1-23-13-9-8-11(14(17)15(13)24-2)10-18-20-16(21-22)19-12-6-4-3-5-7-12/h3-10,22H,1-2H3,(H2,19,20,21)/b18-10+. The number of hydroxylamine groups is 1. The average molecular weight is 349 g/mol. The van der Waals surface area contributed by atoms with Gasteiger partial charge in [0.15, 0.2) is 11.5 Å². The molecule has 2 aromatic carbocycles. The van der Waals surface area contributed by atoms with Gasteiger partial charge < -0.3 is 9.47 Å². The van der Waals surface area contributed by atoms with E-state index in [1.54, 1.807) is 24.3 Å². The molecule has 0 aliphatic heterocycles. The maximum Gasteiger partial charge on any atom is 0.241 e. The van der Waals surface area contributed by atoms with Gasteiger partial charge in [0.2, 0.25) is 5.96 Å². The molecule has 0 spiro atoms. The summed E-state index contributed by atoms with van der Waals surface area (Å²) in [6.45, 7) is 0. The number of guanidine groups is 1. The van der Waals surface area contributed by atoms with E-state index in [9.17, 15) is 0 Å². The van der Waals surface area contributed by atoms with E-state index in [0.717, 1.165) is 0 Å². The Kier molecular flexibility index (Phi) is 6.41. The van der Waals surface area contributed by atoms with Crippen molar-refractivity contribution in [2.45, 2.75) is 0 Å². The zero-order valence-electron chi connectivity index (χ0n) is 13.2. The Hall–Kier alpha value is -2.77. The molecule has 0 radical (unpaired) electrons. The minimum absolute atomic E-state index is 0.0639. The highest BCUT2D eigenvalue weighted by Gasteiger charge is 2.11. The fraction of sp³-hybridized carbons (Fsp3) is 0.125. The molecular weight excluding hydrogens is 332 g/mol. The van der Waals surface area contributed by atoms with Gasteiger partial charge in [0.1, 0.15) is 0 Å². The van der Waals surface area contributed by atoms with Crippen molar-refractivity contribution in [1.29, 1.82) is 0 Å². The minimum atomic E-state index is 0.0639. The van der Waals surface area contributed by atoms with Gasteiger partial charge in [-0.3, -0.25) is 5.21 Å². The third-order valence-electron chi connectivity index (χ3n) is 2.99. The summed E-state index contributed by atoms with van der Waals surface area (Å²) in [7, 11) is 3.03. The SMILES string of the molecule is COc1ccc(/C=N/N/C(=N/c2ccccc2)NO)c(Cl)c1OC. The summed E-state index contributed by atoms with van der Waals surface area (Å²) in [4.78, 5) is 4.14. The van der Waals surface area contributed by atoms with E-state index in [-0.39, 0.29) is 5.96 Å². The first-order valence-electron chi connectivity index (χ1n) is 6.93. The first-order chi connectivity index (χ1) is 11.7. The van der Waals surface area contributed by atoms with E-state index in [1.807, 2.05) is 23.7 Å². The molecule has 0 saturated carbocycles. The highest BCUT2D eigenvalue weighted by Crippen LogP contribution is 2.36. The van der Waals surface area contributed by atoms with Crippen LogP contribution in [0, 0.1) is 0 Å². The van der Waals surface area contributed by atoms with E-state index < -0.39 is 0 Å². The zero-order valence-corrected chi connectivity index (χ0v) is 13.9. The molecule has 126 valence electrons. The molecule has 2 rings (SSSR count). The van der Waals surface area contributed by atoms with Crippen molar-refractivity contribution >= 4 is 29.5 Å². The molecule has 0 bridgehead atoms. The van der Waals surface area contributed by atoms with E-state index in [2.05, 4.69) is 15.5 Å². The summed E-state index contributed by atoms with van der Waals surface area (Å²) >= 11 is 6.25. The molecule has 0 unspecified atom stereocenters. The van der Waals surface area contributed by atoms with Crippen LogP contribution in [-0.2, 0) is 0 Å². The van der Waals surface area contributed by atoms with Crippen LogP contribution in [0.25, 0.3) is 0 Å². The van der Waals surface area contributed by atoms with Crippen LogP contribution in [0.1, 0.15) is 5.56 Å². The number of hydrogen-bond donors (Lipinski definition) is 3. The number of methoxy groups -OCH3 is 2. The van der Waals surface area contributed by atoms with Crippen LogP contribution in [0.2, 0.25) is 5.02 Å². The fourth-order valence-corrected chi connectivity index (χ4v) is 2.16. The predicted molar refractivity (Wildman–Crippen MR) is 93.7 cm³/mol. The lowest BCUT2D eigenvalue weighted by Gasteiger charge is -2.10. The number of ether oxygens (including phenoxy) is 2. The number of halogens is 1. The molecule has 0 saturated heterocycles. The highest BCUT2D eigenvalue weighted by atomic mass is 35.5. The van der Waals surface area contributed by atoms with Crippen molar-refractivity contribution in [2.24, 2.45) is 10.1 Å². The van der Waals surface area contributed by atoms with Crippen molar-refractivity contribution in [1.82, 2.24) is 10.9 Å². The minimum Gasteiger partial charge on any atom is -0.493 e. The van der Waals surface area contributed by atoms with Gasteiger partial charge >= 0.3 is 0 Å². The Morgan fingerprint density at radius 2 is 1.88 bits per heavy atom. The summed E-state index contributed by atoms with van der Waals surface area (Å²) in [6, 6.07) is 12.6. The number of hydrogen-bond acceptors (Lipinski definition) is 5. The molecule has 3 N–H and O–H groups in total. The summed E-state index contributed by atoms with van der Waals surface area (Å²) < 4.78 is 10.4. The number of hydrazone groups is 1. The molecule has 0 aromatic heterocycles. The number of aliphatic imine (C=N–C) groups is 1. The second-order valence-electron chi connectivity index (χ2n) is 4.48. The van der Waals surface area contributed by atoms with Gasteiger partial charge in [0, 0.05) is 5.56 Å². The molecule has 8 heteroatoms. The van der Waals surface area contributed by atoms with E-state index in [4.69, 9.17) is 26.3 Å². The first kappa shape index (κ1) is 17.6. The summed E-state index contributed by atoms with van der Waals surface area (Å²) in [5.74, 6) is 1.01. The molecular formula is C16H17ClN4O3. The number of nitrogens with zero attached hydrogens (tertiary/aromatic N) is 2. The van der Waals surface area contributed by atoms with Crippen LogP contribution in [-0.4, -0.2) is 31.6 Å². The van der Waals surface area contributed by atoms with Crippen LogP contribution < -0.4 is 20.4 Å². The van der Waals surface area contributed by atoms with Crippen molar-refractivity contribution in [3.63, 3.8) is 0 Å². The average Bonchev–Trinajstić information content (AvgIpc) is 2.62. The lowest BCUT2D eigenvalue weighted by Crippen LogP contribution is -2.31. The zero-order chi connectivity index (χ0) is 17.4. The molecule has 0 heterocycles. The Labute approximate surface area is 144 Å². The lowest BCUT2D eigenvalue weighted by atomic mass is 10.2. The maximum absolute atomic E-state index is 9.11.